The summed E-state index contributed by atoms with van der Waals surface area (Å²) in [7, 11) is -3.49. The fraction of sp³-hybridized carbons (Fsp3) is 0.375. The molecule has 2 aromatic carbocycles. The number of sulfonamides is 1. The van der Waals surface area contributed by atoms with E-state index in [1.165, 1.54) is 4.31 Å². The lowest BCUT2D eigenvalue weighted by Crippen LogP contribution is -2.35. The zero-order valence-electron chi connectivity index (χ0n) is 19.2. The number of hydrogen-bond acceptors (Lipinski definition) is 8. The van der Waals surface area contributed by atoms with Crippen LogP contribution in [0.1, 0.15) is 43.0 Å². The second-order valence-electron chi connectivity index (χ2n) is 8.44. The third-order valence-electron chi connectivity index (χ3n) is 5.71. The number of aromatic nitrogens is 2. The molecule has 1 unspecified atom stereocenters. The van der Waals surface area contributed by atoms with Gasteiger partial charge in [0.15, 0.2) is 0 Å². The lowest BCUT2D eigenvalue weighted by atomic mass is 10.0. The van der Waals surface area contributed by atoms with Crippen LogP contribution in [0.5, 0.6) is 5.75 Å². The Labute approximate surface area is 198 Å². The lowest BCUT2D eigenvalue weighted by molar-refractivity contribution is 0.226. The molecule has 0 aliphatic heterocycles. The number of aliphatic hydroxyl groups excluding tert-OH is 1. The van der Waals surface area contributed by atoms with Crippen LogP contribution in [-0.4, -0.2) is 53.5 Å². The maximum Gasteiger partial charge on any atom is 0.258 e. The van der Waals surface area contributed by atoms with Gasteiger partial charge in [0, 0.05) is 17.7 Å². The Morgan fingerprint density at radius 3 is 2.79 bits per heavy atom. The number of hydrogen-bond donors (Lipinski definition) is 1. The molecule has 1 heterocycles. The number of benzene rings is 2. The molecule has 1 N–H and O–H groups in total. The van der Waals surface area contributed by atoms with Gasteiger partial charge >= 0.3 is 0 Å². The number of nitriles is 1. The first kappa shape index (κ1) is 23.9. The first-order chi connectivity index (χ1) is 16.2. The van der Waals surface area contributed by atoms with Gasteiger partial charge in [-0.15, -0.1) is 0 Å². The summed E-state index contributed by atoms with van der Waals surface area (Å²) >= 11 is 0. The van der Waals surface area contributed by atoms with E-state index in [1.54, 1.807) is 18.2 Å². The molecule has 0 fully saturated rings. The Morgan fingerprint density at radius 1 is 1.32 bits per heavy atom. The molecular formula is C24H26N4O5S. The SMILES string of the molecule is CC(C)Oc1ccc(-c2nc(-c3cccc4c3CCC4N(CCO)S(C)(=O)=O)no2)cc1C#N. The van der Waals surface area contributed by atoms with Crippen molar-refractivity contribution in [3.63, 3.8) is 0 Å². The monoisotopic (exact) mass is 482 g/mol. The standard InChI is InChI=1S/C24H26N4O5S/c1-15(2)32-22-10-7-16(13-17(22)14-25)24-26-23(27-33-24)20-6-4-5-19-18(20)8-9-21(19)28(11-12-29)34(3,30)31/h4-7,10,13,15,21,29H,8-9,11-12H2,1-3H3. The van der Waals surface area contributed by atoms with Crippen LogP contribution < -0.4 is 4.74 Å². The van der Waals surface area contributed by atoms with Crippen molar-refractivity contribution in [3.05, 3.63) is 53.1 Å². The summed E-state index contributed by atoms with van der Waals surface area (Å²) in [6.07, 6.45) is 2.35. The van der Waals surface area contributed by atoms with Gasteiger partial charge in [0.25, 0.3) is 5.89 Å². The van der Waals surface area contributed by atoms with Crippen molar-refractivity contribution in [2.24, 2.45) is 0 Å². The summed E-state index contributed by atoms with van der Waals surface area (Å²) in [6, 6.07) is 12.5. The van der Waals surface area contributed by atoms with Crippen LogP contribution in [0.4, 0.5) is 0 Å². The molecule has 10 heteroatoms. The normalized spacial score (nSPS) is 15.5. The first-order valence-corrected chi connectivity index (χ1v) is 12.8. The van der Waals surface area contributed by atoms with Crippen molar-refractivity contribution in [3.8, 4) is 34.7 Å². The first-order valence-electron chi connectivity index (χ1n) is 11.0. The highest BCUT2D eigenvalue weighted by Crippen LogP contribution is 2.41. The van der Waals surface area contributed by atoms with Crippen LogP contribution in [0.15, 0.2) is 40.9 Å². The average molecular weight is 483 g/mol. The van der Waals surface area contributed by atoms with Crippen LogP contribution in [0.3, 0.4) is 0 Å². The molecule has 178 valence electrons. The third-order valence-corrected chi connectivity index (χ3v) is 7.00. The molecular weight excluding hydrogens is 456 g/mol. The van der Waals surface area contributed by atoms with Crippen molar-refractivity contribution in [2.75, 3.05) is 19.4 Å². The molecule has 3 aromatic rings. The highest BCUT2D eigenvalue weighted by Gasteiger charge is 2.34. The highest BCUT2D eigenvalue weighted by atomic mass is 32.2. The van der Waals surface area contributed by atoms with E-state index in [0.29, 0.717) is 35.5 Å². The third kappa shape index (κ3) is 4.68. The van der Waals surface area contributed by atoms with Gasteiger partial charge in [-0.25, -0.2) is 8.42 Å². The maximum atomic E-state index is 12.3. The van der Waals surface area contributed by atoms with Crippen LogP contribution in [0.2, 0.25) is 0 Å². The van der Waals surface area contributed by atoms with Gasteiger partial charge in [-0.05, 0) is 56.0 Å². The molecule has 1 aliphatic carbocycles. The molecule has 4 rings (SSSR count). The summed E-state index contributed by atoms with van der Waals surface area (Å²) in [6.45, 7) is 3.57. The molecule has 0 bridgehead atoms. The fourth-order valence-corrected chi connectivity index (χ4v) is 5.44. The number of nitrogens with zero attached hydrogens (tertiary/aromatic N) is 4. The Balaban J connectivity index is 1.68. The van der Waals surface area contributed by atoms with E-state index in [2.05, 4.69) is 16.2 Å². The van der Waals surface area contributed by atoms with Crippen LogP contribution >= 0.6 is 0 Å². The number of aliphatic hydroxyl groups is 1. The van der Waals surface area contributed by atoms with E-state index in [-0.39, 0.29) is 31.2 Å². The van der Waals surface area contributed by atoms with Gasteiger partial charge in [-0.3, -0.25) is 0 Å². The summed E-state index contributed by atoms with van der Waals surface area (Å²) in [5.41, 5.74) is 3.59. The summed E-state index contributed by atoms with van der Waals surface area (Å²) in [4.78, 5) is 4.55. The molecule has 0 spiro atoms. The van der Waals surface area contributed by atoms with E-state index in [1.807, 2.05) is 32.0 Å². The Morgan fingerprint density at radius 2 is 2.12 bits per heavy atom. The van der Waals surface area contributed by atoms with E-state index >= 15 is 0 Å². The largest absolute Gasteiger partial charge is 0.490 e. The summed E-state index contributed by atoms with van der Waals surface area (Å²) in [5.74, 6) is 1.15. The van der Waals surface area contributed by atoms with E-state index < -0.39 is 10.0 Å². The van der Waals surface area contributed by atoms with Gasteiger partial charge < -0.3 is 14.4 Å². The second kappa shape index (κ2) is 9.54. The Hall–Kier alpha value is -3.26. The molecule has 0 saturated carbocycles. The van der Waals surface area contributed by atoms with Crippen molar-refractivity contribution < 1.29 is 22.8 Å². The molecule has 0 amide bonds. The second-order valence-corrected chi connectivity index (χ2v) is 10.4. The molecule has 1 aromatic heterocycles. The van der Waals surface area contributed by atoms with Gasteiger partial charge in [0.2, 0.25) is 15.8 Å². The molecule has 0 saturated heterocycles. The Kier molecular flexibility index (Phi) is 6.70. The van der Waals surface area contributed by atoms with Crippen molar-refractivity contribution >= 4 is 10.0 Å². The van der Waals surface area contributed by atoms with Crippen LogP contribution in [0, 0.1) is 11.3 Å². The molecule has 1 atom stereocenters. The zero-order valence-corrected chi connectivity index (χ0v) is 20.0. The molecule has 34 heavy (non-hydrogen) atoms. The summed E-state index contributed by atoms with van der Waals surface area (Å²) in [5, 5.41) is 23.0. The number of fused-ring (bicyclic) bond motifs is 1. The van der Waals surface area contributed by atoms with Gasteiger partial charge in [-0.1, -0.05) is 23.4 Å². The van der Waals surface area contributed by atoms with Gasteiger partial charge in [0.05, 0.1) is 30.6 Å². The highest BCUT2D eigenvalue weighted by molar-refractivity contribution is 7.88. The van der Waals surface area contributed by atoms with E-state index in [4.69, 9.17) is 9.26 Å². The predicted molar refractivity (Wildman–Crippen MR) is 125 cm³/mol. The van der Waals surface area contributed by atoms with Crippen LogP contribution in [0.25, 0.3) is 22.8 Å². The fourth-order valence-electron chi connectivity index (χ4n) is 4.35. The minimum absolute atomic E-state index is 0.0390. The van der Waals surface area contributed by atoms with Crippen molar-refractivity contribution in [1.82, 2.24) is 14.4 Å². The molecule has 9 nitrogen and oxygen atoms in total. The Bertz CT molecular complexity index is 1340. The maximum absolute atomic E-state index is 12.3. The summed E-state index contributed by atoms with van der Waals surface area (Å²) < 4.78 is 37.1. The van der Waals surface area contributed by atoms with Crippen molar-refractivity contribution in [2.45, 2.75) is 38.8 Å². The smallest absolute Gasteiger partial charge is 0.258 e. The van der Waals surface area contributed by atoms with E-state index in [9.17, 15) is 18.8 Å². The van der Waals surface area contributed by atoms with Gasteiger partial charge in [0.1, 0.15) is 11.8 Å². The topological polar surface area (TPSA) is 130 Å². The average Bonchev–Trinajstić information content (AvgIpc) is 3.44. The predicted octanol–water partition coefficient (Wildman–Crippen LogP) is 3.30. The number of rotatable bonds is 8. The minimum Gasteiger partial charge on any atom is -0.490 e. The van der Waals surface area contributed by atoms with Crippen molar-refractivity contribution in [1.29, 1.82) is 5.26 Å². The zero-order chi connectivity index (χ0) is 24.5. The lowest BCUT2D eigenvalue weighted by Gasteiger charge is -2.26. The van der Waals surface area contributed by atoms with Gasteiger partial charge in [-0.2, -0.15) is 14.6 Å². The van der Waals surface area contributed by atoms with Crippen LogP contribution in [-0.2, 0) is 16.4 Å². The number of ether oxygens (including phenoxy) is 1. The molecule has 1 aliphatic rings. The minimum atomic E-state index is -3.49. The van der Waals surface area contributed by atoms with E-state index in [0.717, 1.165) is 22.9 Å². The quantitative estimate of drug-likeness (QED) is 0.518. The molecule has 0 radical (unpaired) electrons.